The average Bonchev–Trinajstić information content (AvgIpc) is 2.30. The third-order valence-electron chi connectivity index (χ3n) is 2.49. The number of halogens is 1. The van der Waals surface area contributed by atoms with Crippen molar-refractivity contribution >= 4 is 21.9 Å². The van der Waals surface area contributed by atoms with Gasteiger partial charge in [-0.2, -0.15) is 0 Å². The molecule has 17 heavy (non-hydrogen) atoms. The topological polar surface area (TPSA) is 84.6 Å². The molecule has 0 amide bonds. The summed E-state index contributed by atoms with van der Waals surface area (Å²) in [5.74, 6) is -0.358. The van der Waals surface area contributed by atoms with Gasteiger partial charge in [0.1, 0.15) is 11.8 Å². The van der Waals surface area contributed by atoms with Crippen LogP contribution in [0.5, 0.6) is 5.75 Å². The zero-order valence-corrected chi connectivity index (χ0v) is 11.2. The van der Waals surface area contributed by atoms with Gasteiger partial charge in [-0.05, 0) is 40.7 Å². The molecule has 1 aromatic rings. The van der Waals surface area contributed by atoms with Crippen LogP contribution in [0.4, 0.5) is 0 Å². The Labute approximate surface area is 108 Å². The molecule has 6 heteroatoms. The fraction of sp³-hybridized carbons (Fsp3) is 0.364. The van der Waals surface area contributed by atoms with E-state index in [2.05, 4.69) is 21.2 Å². The largest absolute Gasteiger partial charge is 0.496 e. The first kappa shape index (κ1) is 14.0. The van der Waals surface area contributed by atoms with E-state index in [0.29, 0.717) is 5.75 Å². The Hall–Kier alpha value is -1.11. The van der Waals surface area contributed by atoms with Crippen molar-refractivity contribution in [1.29, 1.82) is 0 Å². The number of likely N-dealkylation sites (N-methyl/N-ethyl adjacent to an activating group) is 1. The van der Waals surface area contributed by atoms with Crippen molar-refractivity contribution in [3.05, 3.63) is 28.2 Å². The first-order valence-electron chi connectivity index (χ1n) is 5.00. The van der Waals surface area contributed by atoms with Crippen molar-refractivity contribution in [2.24, 2.45) is 5.73 Å². The van der Waals surface area contributed by atoms with Gasteiger partial charge in [0.2, 0.25) is 0 Å². The number of hydrogen-bond acceptors (Lipinski definition) is 4. The molecule has 0 aliphatic heterocycles. The maximum Gasteiger partial charge on any atom is 0.322 e. The number of hydrogen-bond donors (Lipinski definition) is 3. The number of carbonyl (C=O) groups is 1. The van der Waals surface area contributed by atoms with Gasteiger partial charge in [-0.1, -0.05) is 6.07 Å². The average molecular weight is 303 g/mol. The summed E-state index contributed by atoms with van der Waals surface area (Å²) < 4.78 is 5.87. The second-order valence-corrected chi connectivity index (χ2v) is 4.38. The van der Waals surface area contributed by atoms with Gasteiger partial charge >= 0.3 is 5.97 Å². The Kier molecular flexibility index (Phi) is 4.92. The highest BCUT2D eigenvalue weighted by Gasteiger charge is 2.24. The zero-order valence-electron chi connectivity index (χ0n) is 9.61. The quantitative estimate of drug-likeness (QED) is 0.759. The van der Waals surface area contributed by atoms with Crippen LogP contribution in [0.15, 0.2) is 22.7 Å². The maximum atomic E-state index is 10.9. The number of carboxylic acids is 1. The van der Waals surface area contributed by atoms with Crippen molar-refractivity contribution in [3.8, 4) is 5.75 Å². The van der Waals surface area contributed by atoms with E-state index < -0.39 is 18.1 Å². The molecule has 5 nitrogen and oxygen atoms in total. The maximum absolute atomic E-state index is 10.9. The molecule has 2 atom stereocenters. The van der Waals surface area contributed by atoms with Crippen molar-refractivity contribution < 1.29 is 14.6 Å². The summed E-state index contributed by atoms with van der Waals surface area (Å²) in [4.78, 5) is 10.9. The zero-order chi connectivity index (χ0) is 13.0. The Morgan fingerprint density at radius 3 is 2.65 bits per heavy atom. The number of rotatable bonds is 5. The number of carboxylic acid groups (broad SMARTS) is 1. The van der Waals surface area contributed by atoms with Crippen LogP contribution in [-0.2, 0) is 4.79 Å². The lowest BCUT2D eigenvalue weighted by molar-refractivity contribution is -0.139. The first-order valence-corrected chi connectivity index (χ1v) is 5.79. The number of nitrogens with two attached hydrogens (primary N) is 1. The summed E-state index contributed by atoms with van der Waals surface area (Å²) >= 11 is 3.35. The van der Waals surface area contributed by atoms with Gasteiger partial charge < -0.3 is 20.9 Å². The van der Waals surface area contributed by atoms with Crippen LogP contribution in [0, 0.1) is 0 Å². The van der Waals surface area contributed by atoms with E-state index in [4.69, 9.17) is 15.6 Å². The van der Waals surface area contributed by atoms with E-state index in [1.807, 2.05) is 0 Å². The molecule has 4 N–H and O–H groups in total. The van der Waals surface area contributed by atoms with E-state index >= 15 is 0 Å². The van der Waals surface area contributed by atoms with Crippen LogP contribution in [0.1, 0.15) is 11.6 Å². The molecule has 0 aliphatic carbocycles. The highest BCUT2D eigenvalue weighted by molar-refractivity contribution is 9.10. The fourth-order valence-corrected chi connectivity index (χ4v) is 2.13. The molecule has 0 heterocycles. The van der Waals surface area contributed by atoms with Crippen LogP contribution in [0.3, 0.4) is 0 Å². The molecule has 0 aliphatic rings. The molecule has 2 unspecified atom stereocenters. The molecule has 0 fully saturated rings. The summed E-state index contributed by atoms with van der Waals surface area (Å²) in [6.45, 7) is 0. The van der Waals surface area contributed by atoms with Crippen LogP contribution < -0.4 is 15.8 Å². The summed E-state index contributed by atoms with van der Waals surface area (Å²) in [5.41, 5.74) is 6.40. The molecule has 0 spiro atoms. The van der Waals surface area contributed by atoms with Crippen molar-refractivity contribution in [1.82, 2.24) is 5.32 Å². The lowest BCUT2D eigenvalue weighted by atomic mass is 10.00. The van der Waals surface area contributed by atoms with E-state index in [0.717, 1.165) is 10.0 Å². The number of benzene rings is 1. The lowest BCUT2D eigenvalue weighted by Crippen LogP contribution is -2.42. The summed E-state index contributed by atoms with van der Waals surface area (Å²) in [6, 6.07) is 3.89. The summed E-state index contributed by atoms with van der Waals surface area (Å²) in [6.07, 6.45) is 0. The van der Waals surface area contributed by atoms with Gasteiger partial charge in [-0.25, -0.2) is 0 Å². The standard InChI is InChI=1S/C11H15BrN2O3/c1-14-10(9(13)11(15)16)6-3-4-8(17-2)7(12)5-6/h3-5,9-10,14H,13H2,1-2H3,(H,15,16). The highest BCUT2D eigenvalue weighted by atomic mass is 79.9. The van der Waals surface area contributed by atoms with Crippen LogP contribution in [-0.4, -0.2) is 31.3 Å². The SMILES string of the molecule is CNC(c1ccc(OC)c(Br)c1)C(N)C(=O)O. The van der Waals surface area contributed by atoms with E-state index in [1.54, 1.807) is 32.4 Å². The lowest BCUT2D eigenvalue weighted by Gasteiger charge is -2.21. The van der Waals surface area contributed by atoms with Crippen LogP contribution in [0.25, 0.3) is 0 Å². The van der Waals surface area contributed by atoms with Crippen molar-refractivity contribution in [3.63, 3.8) is 0 Å². The molecule has 94 valence electrons. The van der Waals surface area contributed by atoms with Crippen molar-refractivity contribution in [2.75, 3.05) is 14.2 Å². The Bertz CT molecular complexity index is 412. The fourth-order valence-electron chi connectivity index (χ4n) is 1.57. The normalized spacial score (nSPS) is 14.1. The predicted molar refractivity (Wildman–Crippen MR) is 68.1 cm³/mol. The molecular formula is C11H15BrN2O3. The van der Waals surface area contributed by atoms with Gasteiger partial charge in [0.25, 0.3) is 0 Å². The molecule has 1 aromatic carbocycles. The molecule has 0 saturated heterocycles. The number of methoxy groups -OCH3 is 1. The number of nitrogens with one attached hydrogen (secondary N) is 1. The third kappa shape index (κ3) is 3.18. The smallest absolute Gasteiger partial charge is 0.322 e. The molecular weight excluding hydrogens is 288 g/mol. The minimum absolute atomic E-state index is 0.449. The van der Waals surface area contributed by atoms with Gasteiger partial charge in [0, 0.05) is 0 Å². The Morgan fingerprint density at radius 1 is 1.59 bits per heavy atom. The summed E-state index contributed by atoms with van der Waals surface area (Å²) in [5, 5.41) is 11.8. The van der Waals surface area contributed by atoms with Gasteiger partial charge in [-0.15, -0.1) is 0 Å². The van der Waals surface area contributed by atoms with E-state index in [1.165, 1.54) is 0 Å². The van der Waals surface area contributed by atoms with Gasteiger partial charge in [-0.3, -0.25) is 4.79 Å². The highest BCUT2D eigenvalue weighted by Crippen LogP contribution is 2.28. The van der Waals surface area contributed by atoms with E-state index in [-0.39, 0.29) is 0 Å². The van der Waals surface area contributed by atoms with Gasteiger partial charge in [0.15, 0.2) is 0 Å². The van der Waals surface area contributed by atoms with Crippen LogP contribution >= 0.6 is 15.9 Å². The molecule has 1 rings (SSSR count). The minimum Gasteiger partial charge on any atom is -0.496 e. The van der Waals surface area contributed by atoms with Crippen LogP contribution in [0.2, 0.25) is 0 Å². The molecule has 0 radical (unpaired) electrons. The van der Waals surface area contributed by atoms with Gasteiger partial charge in [0.05, 0.1) is 17.6 Å². The third-order valence-corrected chi connectivity index (χ3v) is 3.11. The summed E-state index contributed by atoms with van der Waals surface area (Å²) in [7, 11) is 3.24. The predicted octanol–water partition coefficient (Wildman–Crippen LogP) is 1.13. The Balaban J connectivity index is 3.04. The van der Waals surface area contributed by atoms with E-state index in [9.17, 15) is 4.79 Å². The number of ether oxygens (including phenoxy) is 1. The Morgan fingerprint density at radius 2 is 2.24 bits per heavy atom. The first-order chi connectivity index (χ1) is 8.01. The number of aliphatic carboxylic acids is 1. The molecule has 0 saturated carbocycles. The second-order valence-electron chi connectivity index (χ2n) is 3.52. The van der Waals surface area contributed by atoms with Crippen molar-refractivity contribution in [2.45, 2.75) is 12.1 Å². The minimum atomic E-state index is -1.05. The molecule has 0 bridgehead atoms. The second kappa shape index (κ2) is 6.00. The monoisotopic (exact) mass is 302 g/mol. The molecule has 0 aromatic heterocycles.